The third-order valence-corrected chi connectivity index (χ3v) is 3.08. The van der Waals surface area contributed by atoms with Crippen molar-refractivity contribution in [3.05, 3.63) is 57.5 Å². The average molecular weight is 292 g/mol. The van der Waals surface area contributed by atoms with Gasteiger partial charge in [-0.25, -0.2) is 0 Å². The highest BCUT2D eigenvalue weighted by atomic mass is 35.5. The van der Waals surface area contributed by atoms with E-state index in [2.05, 4.69) is 5.32 Å². The number of nitrogen functional groups attached to an aromatic ring is 1. The summed E-state index contributed by atoms with van der Waals surface area (Å²) < 4.78 is 1.50. The molecule has 0 aliphatic carbocycles. The summed E-state index contributed by atoms with van der Waals surface area (Å²) in [6.07, 6.45) is 1.58. The van der Waals surface area contributed by atoms with Crippen LogP contribution in [0.4, 0.5) is 11.4 Å². The monoisotopic (exact) mass is 291 g/mol. The molecule has 6 heteroatoms. The van der Waals surface area contributed by atoms with E-state index in [4.69, 9.17) is 17.3 Å². The number of carbonyl (C=O) groups excluding carboxylic acids is 1. The van der Waals surface area contributed by atoms with Crippen molar-refractivity contribution < 1.29 is 4.79 Å². The van der Waals surface area contributed by atoms with Crippen molar-refractivity contribution in [2.75, 3.05) is 11.1 Å². The average Bonchev–Trinajstić information content (AvgIpc) is 2.43. The van der Waals surface area contributed by atoms with E-state index in [-0.39, 0.29) is 11.5 Å². The Morgan fingerprint density at radius 3 is 2.80 bits per heavy atom. The van der Waals surface area contributed by atoms with E-state index >= 15 is 0 Å². The van der Waals surface area contributed by atoms with Crippen LogP contribution in [0.5, 0.6) is 0 Å². The standard InChI is InChI=1S/C14H14ClN3O2/c1-2-18-8-10(4-6-13(18)19)17-14(20)11-7-9(15)3-5-12(11)16/h3-8H,2,16H2,1H3,(H,17,20). The summed E-state index contributed by atoms with van der Waals surface area (Å²) in [5.74, 6) is -0.369. The number of benzene rings is 1. The Labute approximate surface area is 121 Å². The first-order chi connectivity index (χ1) is 9.51. The molecule has 3 N–H and O–H groups in total. The predicted octanol–water partition coefficient (Wildman–Crippen LogP) is 2.36. The number of halogens is 1. The van der Waals surface area contributed by atoms with Gasteiger partial charge < -0.3 is 15.6 Å². The van der Waals surface area contributed by atoms with E-state index < -0.39 is 0 Å². The molecule has 2 rings (SSSR count). The number of nitrogens with two attached hydrogens (primary N) is 1. The maximum Gasteiger partial charge on any atom is 0.257 e. The van der Waals surface area contributed by atoms with Gasteiger partial charge in [-0.3, -0.25) is 9.59 Å². The van der Waals surface area contributed by atoms with Crippen LogP contribution in [0.3, 0.4) is 0 Å². The Kier molecular flexibility index (Phi) is 4.10. The first-order valence-electron chi connectivity index (χ1n) is 6.08. The largest absolute Gasteiger partial charge is 0.398 e. The van der Waals surface area contributed by atoms with Gasteiger partial charge in [0.15, 0.2) is 0 Å². The van der Waals surface area contributed by atoms with Crippen LogP contribution >= 0.6 is 11.6 Å². The van der Waals surface area contributed by atoms with Crippen LogP contribution in [-0.2, 0) is 6.54 Å². The van der Waals surface area contributed by atoms with Gasteiger partial charge in [-0.1, -0.05) is 11.6 Å². The molecule has 0 aliphatic rings. The highest BCUT2D eigenvalue weighted by Crippen LogP contribution is 2.19. The Morgan fingerprint density at radius 2 is 2.10 bits per heavy atom. The number of nitrogens with zero attached hydrogens (tertiary/aromatic N) is 1. The first-order valence-corrected chi connectivity index (χ1v) is 6.46. The van der Waals surface area contributed by atoms with Crippen LogP contribution in [0.15, 0.2) is 41.3 Å². The van der Waals surface area contributed by atoms with Crippen LogP contribution in [0.25, 0.3) is 0 Å². The van der Waals surface area contributed by atoms with Crippen LogP contribution in [0.1, 0.15) is 17.3 Å². The molecule has 1 aromatic carbocycles. The quantitative estimate of drug-likeness (QED) is 0.852. The van der Waals surface area contributed by atoms with E-state index in [1.807, 2.05) is 6.92 Å². The second-order valence-corrected chi connectivity index (χ2v) is 4.66. The minimum absolute atomic E-state index is 0.118. The lowest BCUT2D eigenvalue weighted by atomic mass is 10.1. The maximum atomic E-state index is 12.1. The Morgan fingerprint density at radius 1 is 1.35 bits per heavy atom. The third-order valence-electron chi connectivity index (χ3n) is 2.84. The Bertz CT molecular complexity index is 710. The molecule has 104 valence electrons. The van der Waals surface area contributed by atoms with Crippen molar-refractivity contribution in [1.29, 1.82) is 0 Å². The molecular formula is C14H14ClN3O2. The molecule has 0 bridgehead atoms. The zero-order valence-electron chi connectivity index (χ0n) is 10.9. The van der Waals surface area contributed by atoms with Gasteiger partial charge in [-0.05, 0) is 31.2 Å². The molecule has 1 aromatic heterocycles. The summed E-state index contributed by atoms with van der Waals surface area (Å²) in [6.45, 7) is 2.38. The molecule has 1 amide bonds. The molecule has 1 heterocycles. The summed E-state index contributed by atoms with van der Waals surface area (Å²) in [4.78, 5) is 23.6. The highest BCUT2D eigenvalue weighted by molar-refractivity contribution is 6.31. The molecule has 0 fully saturated rings. The number of hydrogen-bond acceptors (Lipinski definition) is 3. The number of pyridine rings is 1. The molecule has 0 spiro atoms. The fourth-order valence-corrected chi connectivity index (χ4v) is 1.95. The second-order valence-electron chi connectivity index (χ2n) is 4.23. The second kappa shape index (κ2) is 5.79. The van der Waals surface area contributed by atoms with Crippen molar-refractivity contribution >= 4 is 28.9 Å². The summed E-state index contributed by atoms with van der Waals surface area (Å²) in [5.41, 5.74) is 6.80. The molecule has 0 aliphatic heterocycles. The third kappa shape index (κ3) is 3.00. The Balaban J connectivity index is 2.28. The fraction of sp³-hybridized carbons (Fsp3) is 0.143. The molecule has 0 atom stereocenters. The Hall–Kier alpha value is -2.27. The molecule has 5 nitrogen and oxygen atoms in total. The van der Waals surface area contributed by atoms with Crippen LogP contribution in [0, 0.1) is 0 Å². The normalized spacial score (nSPS) is 10.3. The number of carbonyl (C=O) groups is 1. The van der Waals surface area contributed by atoms with Gasteiger partial charge in [0.2, 0.25) is 0 Å². The van der Waals surface area contributed by atoms with E-state index in [0.717, 1.165) is 0 Å². The van der Waals surface area contributed by atoms with Gasteiger partial charge in [0.25, 0.3) is 11.5 Å². The van der Waals surface area contributed by atoms with Crippen molar-refractivity contribution in [2.45, 2.75) is 13.5 Å². The number of nitrogens with one attached hydrogen (secondary N) is 1. The molecule has 0 radical (unpaired) electrons. The molecule has 0 saturated carbocycles. The number of aromatic nitrogens is 1. The maximum absolute atomic E-state index is 12.1. The lowest BCUT2D eigenvalue weighted by Crippen LogP contribution is -2.20. The number of amides is 1. The summed E-state index contributed by atoms with van der Waals surface area (Å²) in [5, 5.41) is 3.12. The molecule has 20 heavy (non-hydrogen) atoms. The van der Waals surface area contributed by atoms with Gasteiger partial charge in [0.05, 0.1) is 11.3 Å². The number of hydrogen-bond donors (Lipinski definition) is 2. The smallest absolute Gasteiger partial charge is 0.257 e. The highest BCUT2D eigenvalue weighted by Gasteiger charge is 2.11. The number of aryl methyl sites for hydroxylation is 1. The van der Waals surface area contributed by atoms with Gasteiger partial charge in [-0.2, -0.15) is 0 Å². The minimum atomic E-state index is -0.369. The summed E-state index contributed by atoms with van der Waals surface area (Å²) >= 11 is 5.85. The van der Waals surface area contributed by atoms with Gasteiger partial charge in [0, 0.05) is 29.5 Å². The molecule has 0 saturated heterocycles. The van der Waals surface area contributed by atoms with Crippen LogP contribution < -0.4 is 16.6 Å². The molecule has 0 unspecified atom stereocenters. The van der Waals surface area contributed by atoms with Crippen LogP contribution in [0.2, 0.25) is 5.02 Å². The van der Waals surface area contributed by atoms with Gasteiger partial charge in [-0.15, -0.1) is 0 Å². The number of anilines is 2. The van der Waals surface area contributed by atoms with Crippen molar-refractivity contribution in [2.24, 2.45) is 0 Å². The molecule has 2 aromatic rings. The zero-order chi connectivity index (χ0) is 14.7. The predicted molar refractivity (Wildman–Crippen MR) is 80.2 cm³/mol. The van der Waals surface area contributed by atoms with E-state index in [9.17, 15) is 9.59 Å². The topological polar surface area (TPSA) is 77.1 Å². The van der Waals surface area contributed by atoms with Crippen molar-refractivity contribution in [3.63, 3.8) is 0 Å². The number of rotatable bonds is 3. The zero-order valence-corrected chi connectivity index (χ0v) is 11.6. The van der Waals surface area contributed by atoms with E-state index in [1.165, 1.54) is 16.7 Å². The van der Waals surface area contributed by atoms with Gasteiger partial charge >= 0.3 is 0 Å². The SMILES string of the molecule is CCn1cc(NC(=O)c2cc(Cl)ccc2N)ccc1=O. The first kappa shape index (κ1) is 14.1. The lowest BCUT2D eigenvalue weighted by molar-refractivity contribution is 0.102. The van der Waals surface area contributed by atoms with E-state index in [1.54, 1.807) is 24.4 Å². The van der Waals surface area contributed by atoms with Gasteiger partial charge in [0.1, 0.15) is 0 Å². The van der Waals surface area contributed by atoms with Crippen molar-refractivity contribution in [1.82, 2.24) is 4.57 Å². The van der Waals surface area contributed by atoms with Crippen LogP contribution in [-0.4, -0.2) is 10.5 Å². The minimum Gasteiger partial charge on any atom is -0.398 e. The summed E-state index contributed by atoms with van der Waals surface area (Å²) in [7, 11) is 0. The van der Waals surface area contributed by atoms with Crippen molar-refractivity contribution in [3.8, 4) is 0 Å². The fourth-order valence-electron chi connectivity index (χ4n) is 1.78. The summed E-state index contributed by atoms with van der Waals surface area (Å²) in [6, 6.07) is 7.64. The molecular weight excluding hydrogens is 278 g/mol. The van der Waals surface area contributed by atoms with E-state index in [0.29, 0.717) is 28.5 Å². The lowest BCUT2D eigenvalue weighted by Gasteiger charge is -2.09.